The number of benzene rings is 3. The predicted octanol–water partition coefficient (Wildman–Crippen LogP) is 2.15. The fourth-order valence-electron chi connectivity index (χ4n) is 7.67. The van der Waals surface area contributed by atoms with E-state index in [-0.39, 0.29) is 40.6 Å². The molecule has 260 valence electrons. The van der Waals surface area contributed by atoms with Gasteiger partial charge in [-0.3, -0.25) is 0 Å². The number of hydrogen-bond acceptors (Lipinski definition) is 0. The van der Waals surface area contributed by atoms with Gasteiger partial charge >= 0.3 is 291 Å². The first kappa shape index (κ1) is 45.0. The maximum absolute atomic E-state index is 2.80. The molecule has 0 heterocycles. The molecule has 0 radical (unpaired) electrons. The van der Waals surface area contributed by atoms with Crippen LogP contribution in [0.2, 0.25) is 3.34 Å². The van der Waals surface area contributed by atoms with Gasteiger partial charge in [-0.25, -0.2) is 0 Å². The summed E-state index contributed by atoms with van der Waals surface area (Å²) in [5.74, 6) is 2.08. The number of hydrogen-bond donors (Lipinski definition) is 0. The number of halogens is 3. The van der Waals surface area contributed by atoms with E-state index in [0.29, 0.717) is 23.7 Å². The summed E-state index contributed by atoms with van der Waals surface area (Å²) in [4.78, 5) is 0. The Labute approximate surface area is 326 Å². The summed E-state index contributed by atoms with van der Waals surface area (Å²) < 4.78 is -0.107. The molecule has 4 unspecified atom stereocenters. The maximum atomic E-state index is 2.67. The first-order chi connectivity index (χ1) is 21.3. The molecule has 0 aliphatic heterocycles. The standard InChI is InChI=1S/C43H59Si.3ClH.Ti/c1-13-28(5)36-22-37(29(6)14-2)25-41(24-36)44(40-20-18-17-19-21-40,43-34(11)32(9)33(10)35(43)12)42-26-38(30(7)15-3)23-39(27-42)31(8)16-4;;;;/h17-31H,13-16H2,1-12H3;3*1H;/q;;;;+3/p-3. The van der Waals surface area contributed by atoms with Crippen LogP contribution >= 0.6 is 0 Å². The van der Waals surface area contributed by atoms with Crippen LogP contribution in [-0.2, 0) is 20.4 Å². The van der Waals surface area contributed by atoms with Crippen molar-refractivity contribution in [1.82, 2.24) is 0 Å². The molecule has 3 aromatic rings. The zero-order chi connectivity index (χ0) is 33.3. The third kappa shape index (κ3) is 7.73. The molecule has 4 rings (SSSR count). The summed E-state index contributed by atoms with van der Waals surface area (Å²) in [6.07, 6.45) is 4.60. The Bertz CT molecular complexity index is 1430. The molecule has 0 amide bonds. The smallest absolute Gasteiger partial charge is 1.00 e. The monoisotopic (exact) mass is 756 g/mol. The van der Waals surface area contributed by atoms with E-state index in [1.807, 2.05) is 0 Å². The number of allylic oxidation sites excluding steroid dienone is 4. The fraction of sp³-hybridized carbons (Fsp3) is 0.488. The average molecular weight is 758 g/mol. The van der Waals surface area contributed by atoms with Crippen LogP contribution in [0.5, 0.6) is 0 Å². The maximum Gasteiger partial charge on any atom is -1.00 e. The molecule has 0 saturated heterocycles. The summed E-state index contributed by atoms with van der Waals surface area (Å²) in [5.41, 5.74) is 12.1. The zero-order valence-electron chi connectivity index (χ0n) is 31.6. The molecule has 1 aliphatic rings. The second-order valence-corrected chi connectivity index (χ2v) is 20.3. The van der Waals surface area contributed by atoms with Crippen molar-refractivity contribution in [3.8, 4) is 0 Å². The van der Waals surface area contributed by atoms with Crippen molar-refractivity contribution in [2.75, 3.05) is 0 Å². The Morgan fingerprint density at radius 1 is 0.500 bits per heavy atom. The van der Waals surface area contributed by atoms with Crippen LogP contribution in [-0.4, -0.2) is 8.07 Å². The average Bonchev–Trinajstić information content (AvgIpc) is 3.22. The number of rotatable bonds is 12. The van der Waals surface area contributed by atoms with Gasteiger partial charge in [0.15, 0.2) is 0 Å². The van der Waals surface area contributed by atoms with Gasteiger partial charge in [-0.05, 0) is 0 Å². The van der Waals surface area contributed by atoms with Crippen molar-refractivity contribution < 1.29 is 57.7 Å². The topological polar surface area (TPSA) is 0 Å². The molecule has 0 bridgehead atoms. The first-order valence-electron chi connectivity index (χ1n) is 17.8. The van der Waals surface area contributed by atoms with Crippen molar-refractivity contribution in [3.63, 3.8) is 0 Å². The van der Waals surface area contributed by atoms with Crippen molar-refractivity contribution in [1.29, 1.82) is 0 Å². The second kappa shape index (κ2) is 18.4. The Balaban J connectivity index is 0.00000384. The minimum Gasteiger partial charge on any atom is -1.00 e. The molecule has 0 aromatic heterocycles. The van der Waals surface area contributed by atoms with E-state index in [4.69, 9.17) is 0 Å². The van der Waals surface area contributed by atoms with E-state index < -0.39 is 8.07 Å². The van der Waals surface area contributed by atoms with Gasteiger partial charge in [-0.15, -0.1) is 0 Å². The summed E-state index contributed by atoms with van der Waals surface area (Å²) in [6, 6.07) is 27.6. The predicted molar refractivity (Wildman–Crippen MR) is 198 cm³/mol. The van der Waals surface area contributed by atoms with E-state index in [9.17, 15) is 0 Å². The minimum atomic E-state index is -2.80. The molecule has 0 nitrogen and oxygen atoms in total. The summed E-state index contributed by atoms with van der Waals surface area (Å²) in [7, 11) is -2.80. The third-order valence-electron chi connectivity index (χ3n) is 12.1. The molecule has 0 fully saturated rings. The Morgan fingerprint density at radius 3 is 1.06 bits per heavy atom. The molecule has 0 saturated carbocycles. The molecular formula is C43H59Cl3SiTi. The second-order valence-electron chi connectivity index (χ2n) is 14.4. The van der Waals surface area contributed by atoms with Crippen LogP contribution in [0.15, 0.2) is 89.0 Å². The van der Waals surface area contributed by atoms with Crippen LogP contribution in [0.1, 0.15) is 155 Å². The van der Waals surface area contributed by atoms with Gasteiger partial charge in [0.25, 0.3) is 0 Å². The summed E-state index contributed by atoms with van der Waals surface area (Å²) in [5, 5.41) is 4.70. The van der Waals surface area contributed by atoms with Crippen molar-refractivity contribution in [2.24, 2.45) is 0 Å². The quantitative estimate of drug-likeness (QED) is 0.197. The zero-order valence-corrected chi connectivity index (χ0v) is 36.5. The van der Waals surface area contributed by atoms with Crippen molar-refractivity contribution in [3.05, 3.63) is 111 Å². The van der Waals surface area contributed by atoms with E-state index in [2.05, 4.69) is 170 Å². The summed E-state index contributed by atoms with van der Waals surface area (Å²) in [6.45, 7) is 28.8. The van der Waals surface area contributed by atoms with E-state index >= 15 is 0 Å². The van der Waals surface area contributed by atoms with Gasteiger partial charge in [0.1, 0.15) is 0 Å². The SMILES string of the molecule is CCC(C)c1cc(C(C)CC)cc([Si](c2ccccc2)(c2cc(C(C)CC)cc(C(C)CC)c2)[C]2([Ti+3])C(C)=C(C)C(C)=C2C)c1.[Cl-].[Cl-].[Cl-]. The van der Waals surface area contributed by atoms with Crippen molar-refractivity contribution >= 4 is 23.6 Å². The third-order valence-corrected chi connectivity index (χ3v) is 20.4. The van der Waals surface area contributed by atoms with E-state index in [1.165, 1.54) is 38.6 Å². The molecule has 48 heavy (non-hydrogen) atoms. The van der Waals surface area contributed by atoms with Crippen LogP contribution < -0.4 is 52.8 Å². The fourth-order valence-corrected chi connectivity index (χ4v) is 16.3. The molecule has 1 aliphatic carbocycles. The minimum absolute atomic E-state index is 0. The molecule has 4 atom stereocenters. The molecule has 0 N–H and O–H groups in total. The normalized spacial score (nSPS) is 17.8. The van der Waals surface area contributed by atoms with Crippen LogP contribution in [0.25, 0.3) is 0 Å². The van der Waals surface area contributed by atoms with Crippen LogP contribution in [0.3, 0.4) is 0 Å². The Hall–Kier alpha value is -1.06. The van der Waals surface area contributed by atoms with Gasteiger partial charge in [0.2, 0.25) is 0 Å². The Morgan fingerprint density at radius 2 is 0.792 bits per heavy atom. The molecular weight excluding hydrogens is 699 g/mol. The van der Waals surface area contributed by atoms with E-state index in [1.54, 1.807) is 21.5 Å². The van der Waals surface area contributed by atoms with Gasteiger partial charge in [-0.2, -0.15) is 0 Å². The largest absolute Gasteiger partial charge is 1.00 e. The van der Waals surface area contributed by atoms with Gasteiger partial charge in [0, 0.05) is 0 Å². The molecule has 0 spiro atoms. The van der Waals surface area contributed by atoms with Gasteiger partial charge in [-0.1, -0.05) is 0 Å². The van der Waals surface area contributed by atoms with E-state index in [0.717, 1.165) is 25.7 Å². The van der Waals surface area contributed by atoms with Crippen LogP contribution in [0.4, 0.5) is 0 Å². The summed E-state index contributed by atoms with van der Waals surface area (Å²) >= 11 is 2.63. The van der Waals surface area contributed by atoms with Gasteiger partial charge in [0.05, 0.1) is 0 Å². The molecule has 3 aromatic carbocycles. The van der Waals surface area contributed by atoms with Crippen molar-refractivity contribution in [2.45, 2.75) is 136 Å². The van der Waals surface area contributed by atoms with Gasteiger partial charge < -0.3 is 37.2 Å². The molecule has 5 heteroatoms. The Kier molecular flexibility index (Phi) is 17.3. The first-order valence-corrected chi connectivity index (χ1v) is 20.6. The van der Waals surface area contributed by atoms with Crippen LogP contribution in [0, 0.1) is 0 Å².